The van der Waals surface area contributed by atoms with E-state index in [2.05, 4.69) is 0 Å². The first-order valence-corrected chi connectivity index (χ1v) is 10.4. The van der Waals surface area contributed by atoms with E-state index >= 15 is 0 Å². The minimum absolute atomic E-state index is 0.146. The number of carbonyl (C=O) groups is 3. The average Bonchev–Trinajstić information content (AvgIpc) is 3.21. The second-order valence-electron chi connectivity index (χ2n) is 8.06. The molecule has 3 aromatic carbocycles. The SMILES string of the molecule is O=C1C2=C(c3ccccc31)C1(C(=O)c3ccccc3C1=O)C(c1ccc(Cl)cc1)C=C2. The molecule has 0 N–H and O–H groups in total. The van der Waals surface area contributed by atoms with Crippen molar-refractivity contribution in [3.05, 3.63) is 123 Å². The molecule has 0 amide bonds. The highest BCUT2D eigenvalue weighted by atomic mass is 35.5. The molecule has 3 aliphatic rings. The van der Waals surface area contributed by atoms with Crippen molar-refractivity contribution in [1.29, 1.82) is 0 Å². The molecule has 0 fully saturated rings. The molecule has 0 heterocycles. The Balaban J connectivity index is 1.70. The molecule has 0 aromatic heterocycles. The second kappa shape index (κ2) is 6.22. The molecule has 1 atom stereocenters. The Morgan fingerprint density at radius 2 is 1.23 bits per heavy atom. The van der Waals surface area contributed by atoms with Crippen LogP contribution in [0.25, 0.3) is 5.57 Å². The molecule has 0 bridgehead atoms. The first-order valence-electron chi connectivity index (χ1n) is 10.1. The second-order valence-corrected chi connectivity index (χ2v) is 8.50. The van der Waals surface area contributed by atoms with Gasteiger partial charge in [0, 0.05) is 33.2 Å². The molecule has 3 aliphatic carbocycles. The van der Waals surface area contributed by atoms with Gasteiger partial charge < -0.3 is 0 Å². The van der Waals surface area contributed by atoms with Gasteiger partial charge in [-0.2, -0.15) is 0 Å². The van der Waals surface area contributed by atoms with Crippen molar-refractivity contribution in [3.8, 4) is 0 Å². The summed E-state index contributed by atoms with van der Waals surface area (Å²) >= 11 is 6.10. The van der Waals surface area contributed by atoms with Gasteiger partial charge in [0.1, 0.15) is 5.41 Å². The van der Waals surface area contributed by atoms with Crippen LogP contribution in [0.1, 0.15) is 48.1 Å². The lowest BCUT2D eigenvalue weighted by atomic mass is 9.60. The van der Waals surface area contributed by atoms with Crippen molar-refractivity contribution in [2.75, 3.05) is 0 Å². The standard InChI is InChI=1S/C27H15ClO3/c28-16-11-9-15(10-12-16)22-14-13-21-23(17-5-1-2-6-18(17)24(21)29)27(22)25(30)19-7-3-4-8-20(19)26(27)31/h1-14,22H. The predicted molar refractivity (Wildman–Crippen MR) is 119 cm³/mol. The van der Waals surface area contributed by atoms with Gasteiger partial charge in [-0.05, 0) is 28.8 Å². The van der Waals surface area contributed by atoms with Crippen LogP contribution in [0.2, 0.25) is 5.02 Å². The van der Waals surface area contributed by atoms with Gasteiger partial charge in [-0.15, -0.1) is 0 Å². The minimum Gasteiger partial charge on any atom is -0.293 e. The number of ketones is 3. The highest BCUT2D eigenvalue weighted by molar-refractivity contribution is 6.40. The third kappa shape index (κ3) is 2.16. The highest BCUT2D eigenvalue weighted by Gasteiger charge is 2.62. The maximum Gasteiger partial charge on any atom is 0.193 e. The molecule has 3 nitrogen and oxygen atoms in total. The van der Waals surface area contributed by atoms with Gasteiger partial charge >= 0.3 is 0 Å². The number of hydrogen-bond donors (Lipinski definition) is 0. The van der Waals surface area contributed by atoms with Crippen molar-refractivity contribution < 1.29 is 14.4 Å². The summed E-state index contributed by atoms with van der Waals surface area (Å²) in [7, 11) is 0. The number of allylic oxidation sites excluding steroid dienone is 4. The molecule has 3 aromatic rings. The molecule has 0 radical (unpaired) electrons. The summed E-state index contributed by atoms with van der Waals surface area (Å²) in [4.78, 5) is 41.3. The van der Waals surface area contributed by atoms with E-state index in [0.29, 0.717) is 38.4 Å². The van der Waals surface area contributed by atoms with E-state index in [-0.39, 0.29) is 17.3 Å². The van der Waals surface area contributed by atoms with E-state index in [9.17, 15) is 14.4 Å². The summed E-state index contributed by atoms with van der Waals surface area (Å²) in [5.41, 5.74) is 2.27. The fourth-order valence-corrected chi connectivity index (χ4v) is 5.45. The van der Waals surface area contributed by atoms with Crippen LogP contribution in [0.5, 0.6) is 0 Å². The zero-order valence-electron chi connectivity index (χ0n) is 16.3. The molecule has 0 saturated carbocycles. The Bertz CT molecular complexity index is 1360. The van der Waals surface area contributed by atoms with Gasteiger partial charge in [-0.3, -0.25) is 14.4 Å². The maximum atomic E-state index is 14.1. The fraction of sp³-hybridized carbons (Fsp3) is 0.0741. The first-order chi connectivity index (χ1) is 15.0. The summed E-state index contributed by atoms with van der Waals surface area (Å²) in [5, 5.41) is 0.575. The van der Waals surface area contributed by atoms with Crippen LogP contribution in [-0.4, -0.2) is 17.3 Å². The highest BCUT2D eigenvalue weighted by Crippen LogP contribution is 2.60. The molecule has 6 rings (SSSR count). The van der Waals surface area contributed by atoms with E-state index in [4.69, 9.17) is 11.6 Å². The number of Topliss-reactive ketones (excluding diaryl/α,β-unsaturated/α-hetero) is 3. The number of rotatable bonds is 1. The van der Waals surface area contributed by atoms with E-state index in [1.54, 1.807) is 54.6 Å². The Hall–Kier alpha value is -3.56. The lowest BCUT2D eigenvalue weighted by Crippen LogP contribution is -2.42. The fourth-order valence-electron chi connectivity index (χ4n) is 5.33. The van der Waals surface area contributed by atoms with Gasteiger partial charge in [0.15, 0.2) is 17.3 Å². The molecule has 148 valence electrons. The zero-order chi connectivity index (χ0) is 21.3. The monoisotopic (exact) mass is 422 g/mol. The van der Waals surface area contributed by atoms with E-state index in [1.807, 2.05) is 30.3 Å². The predicted octanol–water partition coefficient (Wildman–Crippen LogP) is 5.71. The summed E-state index contributed by atoms with van der Waals surface area (Å²) in [6.45, 7) is 0. The normalized spacial score (nSPS) is 20.3. The summed E-state index contributed by atoms with van der Waals surface area (Å²) in [6, 6.07) is 21.4. The van der Waals surface area contributed by atoms with Crippen molar-refractivity contribution in [3.63, 3.8) is 0 Å². The molecule has 0 saturated heterocycles. The van der Waals surface area contributed by atoms with Gasteiger partial charge in [-0.25, -0.2) is 0 Å². The number of carbonyl (C=O) groups excluding carboxylic acids is 3. The summed E-state index contributed by atoms with van der Waals surface area (Å²) < 4.78 is 0. The molecule has 4 heteroatoms. The van der Waals surface area contributed by atoms with Crippen LogP contribution < -0.4 is 0 Å². The largest absolute Gasteiger partial charge is 0.293 e. The van der Waals surface area contributed by atoms with E-state index in [0.717, 1.165) is 5.56 Å². The average molecular weight is 423 g/mol. The Labute approximate surface area is 183 Å². The van der Waals surface area contributed by atoms with Crippen LogP contribution >= 0.6 is 11.6 Å². The van der Waals surface area contributed by atoms with E-state index < -0.39 is 11.3 Å². The molecule has 31 heavy (non-hydrogen) atoms. The number of hydrogen-bond acceptors (Lipinski definition) is 3. The van der Waals surface area contributed by atoms with Gasteiger partial charge in [0.25, 0.3) is 0 Å². The quantitative estimate of drug-likeness (QED) is 0.472. The number of fused-ring (bicyclic) bond motifs is 4. The molecule has 1 spiro atoms. The zero-order valence-corrected chi connectivity index (χ0v) is 17.0. The van der Waals surface area contributed by atoms with Crippen LogP contribution in [-0.2, 0) is 0 Å². The van der Waals surface area contributed by atoms with E-state index in [1.165, 1.54) is 0 Å². The number of halogens is 1. The summed E-state index contributed by atoms with van der Waals surface area (Å²) in [5.74, 6) is -1.20. The lowest BCUT2D eigenvalue weighted by Gasteiger charge is -2.38. The Kier molecular flexibility index (Phi) is 3.66. The van der Waals surface area contributed by atoms with Crippen LogP contribution in [0.4, 0.5) is 0 Å². The minimum atomic E-state index is -1.51. The van der Waals surface area contributed by atoms with Crippen molar-refractivity contribution >= 4 is 34.5 Å². The van der Waals surface area contributed by atoms with Crippen LogP contribution in [0.15, 0.2) is 90.5 Å². The molecule has 1 unspecified atom stereocenters. The van der Waals surface area contributed by atoms with Gasteiger partial charge in [0.05, 0.1) is 0 Å². The van der Waals surface area contributed by atoms with Crippen molar-refractivity contribution in [1.82, 2.24) is 0 Å². The Morgan fingerprint density at radius 3 is 1.84 bits per heavy atom. The first kappa shape index (κ1) is 18.2. The smallest absolute Gasteiger partial charge is 0.193 e. The molecular formula is C27H15ClO3. The van der Waals surface area contributed by atoms with Crippen molar-refractivity contribution in [2.45, 2.75) is 5.92 Å². The lowest BCUT2D eigenvalue weighted by molar-refractivity contribution is 0.0753. The number of benzene rings is 3. The van der Waals surface area contributed by atoms with Crippen LogP contribution in [0.3, 0.4) is 0 Å². The van der Waals surface area contributed by atoms with Crippen molar-refractivity contribution in [2.24, 2.45) is 5.41 Å². The topological polar surface area (TPSA) is 51.2 Å². The van der Waals surface area contributed by atoms with Gasteiger partial charge in [-0.1, -0.05) is 84.4 Å². The molecular weight excluding hydrogens is 408 g/mol. The van der Waals surface area contributed by atoms with Gasteiger partial charge in [0.2, 0.25) is 0 Å². The van der Waals surface area contributed by atoms with Crippen LogP contribution in [0, 0.1) is 5.41 Å². The third-order valence-corrected chi connectivity index (χ3v) is 6.88. The Morgan fingerprint density at radius 1 is 0.677 bits per heavy atom. The third-order valence-electron chi connectivity index (χ3n) is 6.63. The summed E-state index contributed by atoms with van der Waals surface area (Å²) in [6.07, 6.45) is 3.60. The molecule has 0 aliphatic heterocycles. The maximum absolute atomic E-state index is 14.1.